The summed E-state index contributed by atoms with van der Waals surface area (Å²) in [5.74, 6) is 3.58. The molecule has 0 aliphatic heterocycles. The largest absolute Gasteiger partial charge is 0.0805 e. The average molecular weight is 433 g/mol. The molecule has 6 rings (SSSR count). The van der Waals surface area contributed by atoms with E-state index in [0.717, 1.165) is 0 Å². The summed E-state index contributed by atoms with van der Waals surface area (Å²) < 4.78 is 0. The van der Waals surface area contributed by atoms with Crippen molar-refractivity contribution in [2.45, 2.75) is 44.9 Å². The first-order valence-electron chi connectivity index (χ1n) is 13.0. The molecule has 4 unspecified atom stereocenters. The topological polar surface area (TPSA) is 0 Å². The summed E-state index contributed by atoms with van der Waals surface area (Å²) in [4.78, 5) is 0. The predicted octanol–water partition coefficient (Wildman–Crippen LogP) is 8.13. The Hall–Kier alpha value is -2.60. The van der Waals surface area contributed by atoms with Crippen molar-refractivity contribution >= 4 is 0 Å². The van der Waals surface area contributed by atoms with Gasteiger partial charge in [-0.1, -0.05) is 121 Å². The van der Waals surface area contributed by atoms with Gasteiger partial charge in [-0.05, 0) is 73.3 Å². The summed E-state index contributed by atoms with van der Waals surface area (Å²) in [6.45, 7) is 4.44. The van der Waals surface area contributed by atoms with Gasteiger partial charge in [0.1, 0.15) is 0 Å². The van der Waals surface area contributed by atoms with Gasteiger partial charge in [-0.3, -0.25) is 0 Å². The maximum atomic E-state index is 2.56. The zero-order valence-corrected chi connectivity index (χ0v) is 20.0. The Labute approximate surface area is 199 Å². The molecule has 0 heterocycles. The SMILES string of the molecule is Cc1ccc(C(c2ccc(C)cc2)(C2CCCC2)C2C3C=CC=CC3C3C=CC=CC32)cc1. The molecule has 4 atom stereocenters. The third-order valence-corrected chi connectivity index (χ3v) is 9.30. The second-order valence-electron chi connectivity index (χ2n) is 11.0. The minimum Gasteiger partial charge on any atom is -0.0805 e. The third kappa shape index (κ3) is 3.25. The van der Waals surface area contributed by atoms with Gasteiger partial charge in [0.2, 0.25) is 0 Å². The van der Waals surface area contributed by atoms with Gasteiger partial charge in [-0.15, -0.1) is 0 Å². The highest BCUT2D eigenvalue weighted by atomic mass is 14.6. The van der Waals surface area contributed by atoms with Crippen LogP contribution in [0, 0.1) is 49.4 Å². The van der Waals surface area contributed by atoms with E-state index in [9.17, 15) is 0 Å². The molecule has 2 saturated carbocycles. The van der Waals surface area contributed by atoms with Crippen molar-refractivity contribution in [1.82, 2.24) is 0 Å². The summed E-state index contributed by atoms with van der Waals surface area (Å²) in [7, 11) is 0. The fourth-order valence-electron chi connectivity index (χ4n) is 7.97. The van der Waals surface area contributed by atoms with Gasteiger partial charge in [-0.25, -0.2) is 0 Å². The number of rotatable bonds is 4. The first kappa shape index (κ1) is 21.0. The van der Waals surface area contributed by atoms with Crippen LogP contribution in [0.25, 0.3) is 0 Å². The number of fused-ring (bicyclic) bond motifs is 3. The maximum absolute atomic E-state index is 2.56. The van der Waals surface area contributed by atoms with E-state index in [1.807, 2.05) is 0 Å². The van der Waals surface area contributed by atoms with Gasteiger partial charge in [-0.2, -0.15) is 0 Å². The first-order valence-corrected chi connectivity index (χ1v) is 13.0. The van der Waals surface area contributed by atoms with Crippen LogP contribution in [0.4, 0.5) is 0 Å². The lowest BCUT2D eigenvalue weighted by molar-refractivity contribution is 0.159. The minimum absolute atomic E-state index is 0.0330. The molecule has 2 aromatic carbocycles. The van der Waals surface area contributed by atoms with Gasteiger partial charge in [0, 0.05) is 5.41 Å². The van der Waals surface area contributed by atoms with E-state index in [2.05, 4.69) is 111 Å². The molecule has 0 aromatic heterocycles. The average Bonchev–Trinajstić information content (AvgIpc) is 3.50. The van der Waals surface area contributed by atoms with E-state index < -0.39 is 0 Å². The van der Waals surface area contributed by atoms with Crippen LogP contribution in [-0.2, 0) is 5.41 Å². The molecule has 0 saturated heterocycles. The number of allylic oxidation sites excluding steroid dienone is 8. The minimum atomic E-state index is 0.0330. The van der Waals surface area contributed by atoms with E-state index in [4.69, 9.17) is 0 Å². The van der Waals surface area contributed by atoms with Crippen molar-refractivity contribution in [3.63, 3.8) is 0 Å². The number of hydrogen-bond acceptors (Lipinski definition) is 0. The monoisotopic (exact) mass is 432 g/mol. The summed E-state index contributed by atoms with van der Waals surface area (Å²) in [5, 5.41) is 0. The molecule has 0 spiro atoms. The first-order chi connectivity index (χ1) is 16.2. The normalized spacial score (nSPS) is 30.5. The van der Waals surface area contributed by atoms with Crippen molar-refractivity contribution in [3.05, 3.63) is 119 Å². The Kier molecular flexibility index (Phi) is 5.28. The van der Waals surface area contributed by atoms with Crippen LogP contribution in [0.5, 0.6) is 0 Å². The number of benzene rings is 2. The van der Waals surface area contributed by atoms with Gasteiger partial charge in [0.25, 0.3) is 0 Å². The second-order valence-corrected chi connectivity index (χ2v) is 11.0. The fraction of sp³-hybridized carbons (Fsp3) is 0.394. The van der Waals surface area contributed by atoms with Crippen LogP contribution in [0.3, 0.4) is 0 Å². The molecule has 0 radical (unpaired) electrons. The summed E-state index contributed by atoms with van der Waals surface area (Å²) >= 11 is 0. The molecule has 0 heteroatoms. The Balaban J connectivity index is 1.64. The van der Waals surface area contributed by atoms with Gasteiger partial charge < -0.3 is 0 Å². The molecule has 0 amide bonds. The molecule has 0 nitrogen and oxygen atoms in total. The quantitative estimate of drug-likeness (QED) is 0.457. The number of hydrogen-bond donors (Lipinski definition) is 0. The standard InChI is InChI=1S/C33H36/c1-23-15-19-26(20-16-23)33(25-9-3-4-10-25,27-21-17-24(2)18-22-27)32-30-13-7-5-11-28(30)29-12-6-8-14-31(29)32/h5-8,11-22,25,28-32H,3-4,9-10H2,1-2H3. The van der Waals surface area contributed by atoms with Gasteiger partial charge in [0.05, 0.1) is 0 Å². The fourth-order valence-corrected chi connectivity index (χ4v) is 7.97. The van der Waals surface area contributed by atoms with E-state index >= 15 is 0 Å². The molecule has 4 aliphatic carbocycles. The molecule has 168 valence electrons. The highest BCUT2D eigenvalue weighted by Gasteiger charge is 2.59. The van der Waals surface area contributed by atoms with Crippen molar-refractivity contribution in [2.24, 2.45) is 35.5 Å². The van der Waals surface area contributed by atoms with Crippen LogP contribution < -0.4 is 0 Å². The highest BCUT2D eigenvalue weighted by molar-refractivity contribution is 5.47. The zero-order chi connectivity index (χ0) is 22.4. The Bertz CT molecular complexity index is 1020. The molecule has 2 aromatic rings. The lowest BCUT2D eigenvalue weighted by Gasteiger charge is -2.50. The lowest BCUT2D eigenvalue weighted by Crippen LogP contribution is -2.47. The molecule has 4 aliphatic rings. The summed E-state index contributed by atoms with van der Waals surface area (Å²) in [6.07, 6.45) is 24.8. The van der Waals surface area contributed by atoms with Crippen molar-refractivity contribution in [3.8, 4) is 0 Å². The maximum Gasteiger partial charge on any atom is 0.0270 e. The number of aryl methyl sites for hydroxylation is 2. The molecule has 2 fully saturated rings. The van der Waals surface area contributed by atoms with Crippen molar-refractivity contribution < 1.29 is 0 Å². The van der Waals surface area contributed by atoms with Crippen molar-refractivity contribution in [2.75, 3.05) is 0 Å². The van der Waals surface area contributed by atoms with E-state index in [1.165, 1.54) is 36.8 Å². The van der Waals surface area contributed by atoms with Crippen LogP contribution in [-0.4, -0.2) is 0 Å². The molecule has 0 bridgehead atoms. The van der Waals surface area contributed by atoms with E-state index in [0.29, 0.717) is 35.5 Å². The highest BCUT2D eigenvalue weighted by Crippen LogP contribution is 2.63. The summed E-state index contributed by atoms with van der Waals surface area (Å²) in [5.41, 5.74) is 5.82. The van der Waals surface area contributed by atoms with Gasteiger partial charge in [0.15, 0.2) is 0 Å². The molecular formula is C33H36. The zero-order valence-electron chi connectivity index (χ0n) is 20.0. The van der Waals surface area contributed by atoms with E-state index in [1.54, 1.807) is 11.1 Å². The Morgan fingerprint density at radius 2 is 0.939 bits per heavy atom. The second kappa shape index (κ2) is 8.32. The molecule has 33 heavy (non-hydrogen) atoms. The predicted molar refractivity (Wildman–Crippen MR) is 139 cm³/mol. The van der Waals surface area contributed by atoms with Crippen LogP contribution in [0.1, 0.15) is 47.9 Å². The van der Waals surface area contributed by atoms with Crippen LogP contribution in [0.2, 0.25) is 0 Å². The smallest absolute Gasteiger partial charge is 0.0270 e. The molecular weight excluding hydrogens is 396 g/mol. The van der Waals surface area contributed by atoms with Gasteiger partial charge >= 0.3 is 0 Å². The third-order valence-electron chi connectivity index (χ3n) is 9.30. The lowest BCUT2D eigenvalue weighted by atomic mass is 9.53. The van der Waals surface area contributed by atoms with Crippen LogP contribution >= 0.6 is 0 Å². The Morgan fingerprint density at radius 1 is 0.545 bits per heavy atom. The van der Waals surface area contributed by atoms with E-state index in [-0.39, 0.29) is 5.41 Å². The molecule has 0 N–H and O–H groups in total. The van der Waals surface area contributed by atoms with Crippen LogP contribution in [0.15, 0.2) is 97.1 Å². The van der Waals surface area contributed by atoms with Crippen molar-refractivity contribution in [1.29, 1.82) is 0 Å². The Morgan fingerprint density at radius 3 is 1.36 bits per heavy atom. The summed E-state index contributed by atoms with van der Waals surface area (Å²) in [6, 6.07) is 19.3.